The number of nitrogens with two attached hydrogens (primary N) is 1. The lowest BCUT2D eigenvalue weighted by atomic mass is 10.2. The summed E-state index contributed by atoms with van der Waals surface area (Å²) in [4.78, 5) is 4.34. The molecule has 0 heterocycles. The van der Waals surface area contributed by atoms with Crippen molar-refractivity contribution in [2.24, 2.45) is 10.1 Å². The molecule has 2 aromatic rings. The van der Waals surface area contributed by atoms with E-state index in [-0.39, 0.29) is 4.90 Å². The molecule has 0 unspecified atom stereocenters. The SMILES string of the molecule is NS(=O)(=O)c1ccc(N=Cc2cccc(Br)c2)cc1. The molecule has 0 saturated carbocycles. The van der Waals surface area contributed by atoms with Gasteiger partial charge in [0.15, 0.2) is 0 Å². The Labute approximate surface area is 120 Å². The molecule has 0 saturated heterocycles. The molecule has 0 aliphatic rings. The number of rotatable bonds is 3. The Morgan fingerprint density at radius 2 is 1.79 bits per heavy atom. The summed E-state index contributed by atoms with van der Waals surface area (Å²) in [5.74, 6) is 0. The van der Waals surface area contributed by atoms with Crippen molar-refractivity contribution in [3.63, 3.8) is 0 Å². The van der Waals surface area contributed by atoms with E-state index < -0.39 is 10.0 Å². The Bertz CT molecular complexity index is 710. The molecule has 6 heteroatoms. The molecule has 0 aliphatic heterocycles. The third-order valence-electron chi connectivity index (χ3n) is 2.38. The molecule has 2 N–H and O–H groups in total. The highest BCUT2D eigenvalue weighted by Crippen LogP contribution is 2.16. The number of hydrogen-bond donors (Lipinski definition) is 1. The molecule has 0 spiro atoms. The van der Waals surface area contributed by atoms with Crippen LogP contribution in [0, 0.1) is 0 Å². The lowest BCUT2D eigenvalue weighted by Gasteiger charge is -1.98. The van der Waals surface area contributed by atoms with Crippen LogP contribution >= 0.6 is 15.9 Å². The zero-order valence-corrected chi connectivity index (χ0v) is 12.2. The molecule has 0 bridgehead atoms. The van der Waals surface area contributed by atoms with Gasteiger partial charge in [0.25, 0.3) is 0 Å². The molecule has 0 aliphatic carbocycles. The first-order valence-electron chi connectivity index (χ1n) is 5.38. The van der Waals surface area contributed by atoms with Crippen LogP contribution in [0.25, 0.3) is 0 Å². The topological polar surface area (TPSA) is 72.5 Å². The van der Waals surface area contributed by atoms with E-state index in [4.69, 9.17) is 5.14 Å². The minimum Gasteiger partial charge on any atom is -0.256 e. The summed E-state index contributed by atoms with van der Waals surface area (Å²) in [6.07, 6.45) is 1.71. The van der Waals surface area contributed by atoms with Crippen molar-refractivity contribution in [2.45, 2.75) is 4.90 Å². The highest BCUT2D eigenvalue weighted by Gasteiger charge is 2.05. The molecule has 0 amide bonds. The van der Waals surface area contributed by atoms with Crippen molar-refractivity contribution >= 4 is 37.9 Å². The van der Waals surface area contributed by atoms with Crippen LogP contribution in [0.5, 0.6) is 0 Å². The Kier molecular flexibility index (Phi) is 4.14. The molecule has 98 valence electrons. The van der Waals surface area contributed by atoms with Crippen molar-refractivity contribution < 1.29 is 8.42 Å². The second-order valence-electron chi connectivity index (χ2n) is 3.85. The van der Waals surface area contributed by atoms with Crippen molar-refractivity contribution in [1.29, 1.82) is 0 Å². The van der Waals surface area contributed by atoms with Crippen LogP contribution < -0.4 is 5.14 Å². The standard InChI is InChI=1S/C13H11BrN2O2S/c14-11-3-1-2-10(8-11)9-16-12-4-6-13(7-5-12)19(15,17)18/h1-9H,(H2,15,17,18). The number of benzene rings is 2. The summed E-state index contributed by atoms with van der Waals surface area (Å²) < 4.78 is 23.2. The van der Waals surface area contributed by atoms with Gasteiger partial charge in [-0.3, -0.25) is 4.99 Å². The fraction of sp³-hybridized carbons (Fsp3) is 0. The van der Waals surface area contributed by atoms with Crippen LogP contribution in [0.3, 0.4) is 0 Å². The fourth-order valence-electron chi connectivity index (χ4n) is 1.46. The van der Waals surface area contributed by atoms with Crippen molar-refractivity contribution in [1.82, 2.24) is 0 Å². The summed E-state index contributed by atoms with van der Waals surface area (Å²) in [7, 11) is -3.65. The molecular weight excluding hydrogens is 328 g/mol. The van der Waals surface area contributed by atoms with Gasteiger partial charge in [-0.1, -0.05) is 28.1 Å². The molecule has 0 fully saturated rings. The zero-order valence-electron chi connectivity index (χ0n) is 9.82. The number of primary sulfonamides is 1. The van der Waals surface area contributed by atoms with Gasteiger partial charge in [0.05, 0.1) is 10.6 Å². The molecule has 4 nitrogen and oxygen atoms in total. The molecule has 0 aromatic heterocycles. The second kappa shape index (κ2) is 5.64. The number of halogens is 1. The van der Waals surface area contributed by atoms with Crippen LogP contribution in [0.4, 0.5) is 5.69 Å². The Hall–Kier alpha value is -1.50. The average molecular weight is 339 g/mol. The van der Waals surface area contributed by atoms with E-state index in [2.05, 4.69) is 20.9 Å². The maximum absolute atomic E-state index is 11.1. The number of sulfonamides is 1. The highest BCUT2D eigenvalue weighted by atomic mass is 79.9. The maximum Gasteiger partial charge on any atom is 0.238 e. The van der Waals surface area contributed by atoms with Gasteiger partial charge in [-0.05, 0) is 42.0 Å². The summed E-state index contributed by atoms with van der Waals surface area (Å²) >= 11 is 3.38. The van der Waals surface area contributed by atoms with Crippen LogP contribution in [-0.2, 0) is 10.0 Å². The molecule has 0 atom stereocenters. The van der Waals surface area contributed by atoms with E-state index in [1.54, 1.807) is 18.3 Å². The Morgan fingerprint density at radius 3 is 2.37 bits per heavy atom. The predicted octanol–water partition coefficient (Wildman–Crippen LogP) is 2.85. The normalized spacial score (nSPS) is 11.9. The highest BCUT2D eigenvalue weighted by molar-refractivity contribution is 9.10. The van der Waals surface area contributed by atoms with Gasteiger partial charge in [-0.15, -0.1) is 0 Å². The second-order valence-corrected chi connectivity index (χ2v) is 6.33. The first-order chi connectivity index (χ1) is 8.95. The van der Waals surface area contributed by atoms with Crippen LogP contribution in [0.15, 0.2) is 62.9 Å². The Morgan fingerprint density at radius 1 is 1.11 bits per heavy atom. The first kappa shape index (κ1) is 13.9. The lowest BCUT2D eigenvalue weighted by Crippen LogP contribution is -2.11. The van der Waals surface area contributed by atoms with Gasteiger partial charge in [0, 0.05) is 10.7 Å². The summed E-state index contributed by atoms with van der Waals surface area (Å²) in [5, 5.41) is 5.02. The molecule has 2 rings (SSSR count). The van der Waals surface area contributed by atoms with Crippen LogP contribution in [0.2, 0.25) is 0 Å². The van der Waals surface area contributed by atoms with Gasteiger partial charge in [0.1, 0.15) is 0 Å². The Balaban J connectivity index is 2.20. The molecule has 2 aromatic carbocycles. The third kappa shape index (κ3) is 3.99. The number of nitrogens with zero attached hydrogens (tertiary/aromatic N) is 1. The minimum atomic E-state index is -3.65. The quantitative estimate of drug-likeness (QED) is 0.874. The van der Waals surface area contributed by atoms with Crippen molar-refractivity contribution in [3.05, 3.63) is 58.6 Å². The molecule has 0 radical (unpaired) electrons. The van der Waals surface area contributed by atoms with Gasteiger partial charge in [-0.2, -0.15) is 0 Å². The molecular formula is C13H11BrN2O2S. The van der Waals surface area contributed by atoms with E-state index in [1.165, 1.54) is 12.1 Å². The molecule has 19 heavy (non-hydrogen) atoms. The largest absolute Gasteiger partial charge is 0.256 e. The first-order valence-corrected chi connectivity index (χ1v) is 7.71. The minimum absolute atomic E-state index is 0.0777. The smallest absolute Gasteiger partial charge is 0.238 e. The maximum atomic E-state index is 11.1. The number of aliphatic imine (C=N–C) groups is 1. The summed E-state index contributed by atoms with van der Waals surface area (Å²) in [6, 6.07) is 13.8. The van der Waals surface area contributed by atoms with E-state index in [0.29, 0.717) is 5.69 Å². The van der Waals surface area contributed by atoms with E-state index in [1.807, 2.05) is 24.3 Å². The van der Waals surface area contributed by atoms with Crippen LogP contribution in [0.1, 0.15) is 5.56 Å². The van der Waals surface area contributed by atoms with E-state index >= 15 is 0 Å². The van der Waals surface area contributed by atoms with Gasteiger partial charge in [0.2, 0.25) is 10.0 Å². The average Bonchev–Trinajstić information content (AvgIpc) is 2.36. The van der Waals surface area contributed by atoms with Gasteiger partial charge in [-0.25, -0.2) is 13.6 Å². The predicted molar refractivity (Wildman–Crippen MR) is 79.2 cm³/mol. The monoisotopic (exact) mass is 338 g/mol. The van der Waals surface area contributed by atoms with Crippen LogP contribution in [-0.4, -0.2) is 14.6 Å². The zero-order chi connectivity index (χ0) is 13.9. The summed E-state index contributed by atoms with van der Waals surface area (Å²) in [5.41, 5.74) is 1.61. The lowest BCUT2D eigenvalue weighted by molar-refractivity contribution is 0.598. The summed E-state index contributed by atoms with van der Waals surface area (Å²) in [6.45, 7) is 0. The van der Waals surface area contributed by atoms with Gasteiger partial charge < -0.3 is 0 Å². The van der Waals surface area contributed by atoms with Crippen molar-refractivity contribution in [2.75, 3.05) is 0 Å². The van der Waals surface area contributed by atoms with E-state index in [0.717, 1.165) is 10.0 Å². The third-order valence-corrected chi connectivity index (χ3v) is 3.80. The fourth-order valence-corrected chi connectivity index (χ4v) is 2.39. The van der Waals surface area contributed by atoms with E-state index in [9.17, 15) is 8.42 Å². The van der Waals surface area contributed by atoms with Gasteiger partial charge >= 0.3 is 0 Å². The number of hydrogen-bond acceptors (Lipinski definition) is 3. The van der Waals surface area contributed by atoms with Crippen molar-refractivity contribution in [3.8, 4) is 0 Å².